The summed E-state index contributed by atoms with van der Waals surface area (Å²) in [5.74, 6) is 0.766. The quantitative estimate of drug-likeness (QED) is 0.778. The van der Waals surface area contributed by atoms with Crippen molar-refractivity contribution in [3.63, 3.8) is 0 Å². The highest BCUT2D eigenvalue weighted by atomic mass is 16.5. The van der Waals surface area contributed by atoms with Crippen LogP contribution in [0.2, 0.25) is 0 Å². The van der Waals surface area contributed by atoms with Gasteiger partial charge in [-0.1, -0.05) is 26.7 Å². The molecule has 114 valence electrons. The third-order valence-corrected chi connectivity index (χ3v) is 5.60. The highest BCUT2D eigenvalue weighted by Gasteiger charge is 2.39. The Balaban J connectivity index is 1.64. The van der Waals surface area contributed by atoms with Gasteiger partial charge < -0.3 is 4.74 Å². The molecule has 1 heterocycles. The molecule has 0 aromatic rings. The van der Waals surface area contributed by atoms with Crippen molar-refractivity contribution in [2.75, 3.05) is 19.7 Å². The van der Waals surface area contributed by atoms with Crippen molar-refractivity contribution in [3.8, 4) is 0 Å². The van der Waals surface area contributed by atoms with Crippen molar-refractivity contribution in [1.82, 2.24) is 4.90 Å². The van der Waals surface area contributed by atoms with Gasteiger partial charge in [-0.05, 0) is 31.1 Å². The standard InChI is InChI=1S/C17H29NO2/c1-17(2)8-7-15(19)13(11-17)12-18-9-10-20-16-6-4-3-5-14(16)18/h13-14,16H,3-12H2,1-2H3. The molecule has 3 atom stereocenters. The number of Topliss-reactive ketones (excluding diaryl/α,β-unsaturated/α-hetero) is 1. The molecule has 2 saturated carbocycles. The number of morpholine rings is 1. The molecule has 3 unspecified atom stereocenters. The summed E-state index contributed by atoms with van der Waals surface area (Å²) >= 11 is 0. The molecule has 0 spiro atoms. The molecule has 0 radical (unpaired) electrons. The number of carbonyl (C=O) groups excluding carboxylic acids is 1. The Labute approximate surface area is 123 Å². The maximum Gasteiger partial charge on any atom is 0.137 e. The first-order valence-corrected chi connectivity index (χ1v) is 8.43. The first-order chi connectivity index (χ1) is 9.55. The predicted octanol–water partition coefficient (Wildman–Crippen LogP) is 3.03. The minimum atomic E-state index is 0.263. The molecule has 0 N–H and O–H groups in total. The zero-order valence-corrected chi connectivity index (χ0v) is 13.1. The smallest absolute Gasteiger partial charge is 0.137 e. The molecule has 0 aromatic carbocycles. The normalized spacial score (nSPS) is 38.5. The summed E-state index contributed by atoms with van der Waals surface area (Å²) in [6.45, 7) is 7.48. The molecule has 2 aliphatic carbocycles. The number of fused-ring (bicyclic) bond motifs is 1. The Bertz CT molecular complexity index is 364. The Morgan fingerprint density at radius 1 is 1.30 bits per heavy atom. The van der Waals surface area contributed by atoms with Gasteiger partial charge in [0.2, 0.25) is 0 Å². The Morgan fingerprint density at radius 2 is 2.10 bits per heavy atom. The van der Waals surface area contributed by atoms with E-state index in [9.17, 15) is 4.79 Å². The molecule has 3 heteroatoms. The van der Waals surface area contributed by atoms with Crippen LogP contribution in [0.1, 0.15) is 58.8 Å². The average molecular weight is 279 g/mol. The number of ether oxygens (including phenoxy) is 1. The fourth-order valence-corrected chi connectivity index (χ4v) is 4.40. The topological polar surface area (TPSA) is 29.5 Å². The monoisotopic (exact) mass is 279 g/mol. The van der Waals surface area contributed by atoms with Gasteiger partial charge in [-0.15, -0.1) is 0 Å². The lowest BCUT2D eigenvalue weighted by Crippen LogP contribution is -2.54. The van der Waals surface area contributed by atoms with Crippen LogP contribution < -0.4 is 0 Å². The summed E-state index contributed by atoms with van der Waals surface area (Å²) in [5, 5.41) is 0. The van der Waals surface area contributed by atoms with E-state index in [-0.39, 0.29) is 5.92 Å². The molecule has 1 aliphatic heterocycles. The third kappa shape index (κ3) is 3.09. The van der Waals surface area contributed by atoms with E-state index in [1.807, 2.05) is 0 Å². The van der Waals surface area contributed by atoms with E-state index in [1.54, 1.807) is 0 Å². The van der Waals surface area contributed by atoms with Crippen LogP contribution in [0, 0.1) is 11.3 Å². The van der Waals surface area contributed by atoms with Crippen LogP contribution in [0.3, 0.4) is 0 Å². The largest absolute Gasteiger partial charge is 0.375 e. The van der Waals surface area contributed by atoms with E-state index in [0.29, 0.717) is 23.3 Å². The van der Waals surface area contributed by atoms with Gasteiger partial charge in [0.15, 0.2) is 0 Å². The minimum Gasteiger partial charge on any atom is -0.375 e. The van der Waals surface area contributed by atoms with Gasteiger partial charge in [0, 0.05) is 31.5 Å². The second-order valence-electron chi connectivity index (χ2n) is 7.79. The van der Waals surface area contributed by atoms with E-state index >= 15 is 0 Å². The van der Waals surface area contributed by atoms with Gasteiger partial charge in [0.1, 0.15) is 5.78 Å². The fourth-order valence-electron chi connectivity index (χ4n) is 4.40. The van der Waals surface area contributed by atoms with Gasteiger partial charge in [-0.25, -0.2) is 0 Å². The van der Waals surface area contributed by atoms with Gasteiger partial charge in [-0.3, -0.25) is 9.69 Å². The van der Waals surface area contributed by atoms with Crippen LogP contribution in [0.15, 0.2) is 0 Å². The van der Waals surface area contributed by atoms with E-state index in [0.717, 1.165) is 39.0 Å². The third-order valence-electron chi connectivity index (χ3n) is 5.60. The van der Waals surface area contributed by atoms with E-state index in [1.165, 1.54) is 25.7 Å². The van der Waals surface area contributed by atoms with Gasteiger partial charge in [0.05, 0.1) is 12.7 Å². The van der Waals surface area contributed by atoms with Crippen molar-refractivity contribution >= 4 is 5.78 Å². The van der Waals surface area contributed by atoms with Crippen LogP contribution in [-0.2, 0) is 9.53 Å². The highest BCUT2D eigenvalue weighted by Crippen LogP contribution is 2.38. The SMILES string of the molecule is CC1(C)CCC(=O)C(CN2CCOC3CCCCC32)C1. The predicted molar refractivity (Wildman–Crippen MR) is 79.7 cm³/mol. The summed E-state index contributed by atoms with van der Waals surface area (Å²) in [5.41, 5.74) is 0.344. The van der Waals surface area contributed by atoms with Crippen molar-refractivity contribution in [1.29, 1.82) is 0 Å². The van der Waals surface area contributed by atoms with E-state index in [2.05, 4.69) is 18.7 Å². The average Bonchev–Trinajstić information content (AvgIpc) is 2.43. The van der Waals surface area contributed by atoms with Crippen LogP contribution in [0.4, 0.5) is 0 Å². The Kier molecular flexibility index (Phi) is 4.19. The van der Waals surface area contributed by atoms with Crippen molar-refractivity contribution in [2.24, 2.45) is 11.3 Å². The lowest BCUT2D eigenvalue weighted by Gasteiger charge is -2.46. The number of ketones is 1. The number of carbonyl (C=O) groups is 1. The zero-order valence-electron chi connectivity index (χ0n) is 13.1. The first-order valence-electron chi connectivity index (χ1n) is 8.43. The van der Waals surface area contributed by atoms with Crippen LogP contribution >= 0.6 is 0 Å². The lowest BCUT2D eigenvalue weighted by atomic mass is 9.71. The number of nitrogens with zero attached hydrogens (tertiary/aromatic N) is 1. The molecule has 3 rings (SSSR count). The summed E-state index contributed by atoms with van der Waals surface area (Å²) < 4.78 is 5.94. The zero-order chi connectivity index (χ0) is 14.2. The van der Waals surface area contributed by atoms with E-state index in [4.69, 9.17) is 4.74 Å². The van der Waals surface area contributed by atoms with Crippen LogP contribution in [0.5, 0.6) is 0 Å². The maximum absolute atomic E-state index is 12.3. The summed E-state index contributed by atoms with van der Waals surface area (Å²) in [4.78, 5) is 14.8. The molecular weight excluding hydrogens is 250 g/mol. The number of hydrogen-bond donors (Lipinski definition) is 0. The highest BCUT2D eigenvalue weighted by molar-refractivity contribution is 5.82. The number of rotatable bonds is 2. The van der Waals surface area contributed by atoms with Crippen molar-refractivity contribution < 1.29 is 9.53 Å². The molecule has 3 nitrogen and oxygen atoms in total. The molecule has 3 aliphatic rings. The van der Waals surface area contributed by atoms with Gasteiger partial charge in [0.25, 0.3) is 0 Å². The second-order valence-corrected chi connectivity index (χ2v) is 7.79. The first kappa shape index (κ1) is 14.5. The number of hydrogen-bond acceptors (Lipinski definition) is 3. The molecule has 20 heavy (non-hydrogen) atoms. The Morgan fingerprint density at radius 3 is 2.95 bits per heavy atom. The molecule has 0 amide bonds. The molecule has 1 saturated heterocycles. The fraction of sp³-hybridized carbons (Fsp3) is 0.941. The van der Waals surface area contributed by atoms with Crippen molar-refractivity contribution in [2.45, 2.75) is 70.9 Å². The molecule has 0 aromatic heterocycles. The molecular formula is C17H29NO2. The molecule has 0 bridgehead atoms. The summed E-state index contributed by atoms with van der Waals surface area (Å²) in [7, 11) is 0. The lowest BCUT2D eigenvalue weighted by molar-refractivity contribution is -0.131. The second kappa shape index (κ2) is 5.76. The van der Waals surface area contributed by atoms with Crippen LogP contribution in [-0.4, -0.2) is 42.5 Å². The summed E-state index contributed by atoms with van der Waals surface area (Å²) in [6.07, 6.45) is 8.47. The van der Waals surface area contributed by atoms with Crippen molar-refractivity contribution in [3.05, 3.63) is 0 Å². The van der Waals surface area contributed by atoms with Gasteiger partial charge in [-0.2, -0.15) is 0 Å². The maximum atomic E-state index is 12.3. The Hall–Kier alpha value is -0.410. The van der Waals surface area contributed by atoms with Crippen LogP contribution in [0.25, 0.3) is 0 Å². The summed E-state index contributed by atoms with van der Waals surface area (Å²) in [6, 6.07) is 0.579. The van der Waals surface area contributed by atoms with E-state index < -0.39 is 0 Å². The minimum absolute atomic E-state index is 0.263. The van der Waals surface area contributed by atoms with Gasteiger partial charge >= 0.3 is 0 Å². The molecule has 3 fully saturated rings.